The molecule has 1 rings (SSSR count). The summed E-state index contributed by atoms with van der Waals surface area (Å²) in [5.41, 5.74) is 0.266. The molecule has 0 radical (unpaired) electrons. The van der Waals surface area contributed by atoms with Gasteiger partial charge in [0.15, 0.2) is 0 Å². The number of aliphatic hydroxyl groups is 2. The molecule has 4 nitrogen and oxygen atoms in total. The van der Waals surface area contributed by atoms with Crippen LogP contribution in [0.4, 0.5) is 0 Å². The van der Waals surface area contributed by atoms with Crippen LogP contribution in [0.15, 0.2) is 18.2 Å². The summed E-state index contributed by atoms with van der Waals surface area (Å²) in [6, 6.07) is 4.46. The van der Waals surface area contributed by atoms with E-state index in [-0.39, 0.29) is 11.3 Å². The van der Waals surface area contributed by atoms with E-state index in [0.717, 1.165) is 0 Å². The van der Waals surface area contributed by atoms with Gasteiger partial charge in [-0.15, -0.1) is 0 Å². The van der Waals surface area contributed by atoms with Gasteiger partial charge < -0.3 is 20.1 Å². The van der Waals surface area contributed by atoms with Crippen molar-refractivity contribution in [2.45, 2.75) is 6.10 Å². The smallest absolute Gasteiger partial charge is 0.121 e. The summed E-state index contributed by atoms with van der Waals surface area (Å²) in [5.74, 6) is 0.475. The molecular weight excluding hydrogens is 172 g/mol. The lowest BCUT2D eigenvalue weighted by Crippen LogP contribution is -2.02. The van der Waals surface area contributed by atoms with Gasteiger partial charge in [-0.1, -0.05) is 0 Å². The Kier molecular flexibility index (Phi) is 3.11. The number of methoxy groups -OCH3 is 1. The number of benzene rings is 1. The molecule has 1 atom stereocenters. The molecule has 0 aliphatic carbocycles. The van der Waals surface area contributed by atoms with E-state index in [0.29, 0.717) is 5.75 Å². The van der Waals surface area contributed by atoms with Crippen molar-refractivity contribution in [1.29, 1.82) is 0 Å². The van der Waals surface area contributed by atoms with Crippen LogP contribution in [0, 0.1) is 0 Å². The van der Waals surface area contributed by atoms with Crippen LogP contribution in [0.5, 0.6) is 11.5 Å². The molecule has 0 aliphatic heterocycles. The summed E-state index contributed by atoms with van der Waals surface area (Å²) >= 11 is 0. The van der Waals surface area contributed by atoms with Crippen molar-refractivity contribution in [1.82, 2.24) is 0 Å². The Labute approximate surface area is 76.0 Å². The number of rotatable bonds is 3. The topological polar surface area (TPSA) is 69.9 Å². The lowest BCUT2D eigenvalue weighted by Gasteiger charge is -2.10. The Morgan fingerprint density at radius 3 is 2.69 bits per heavy atom. The molecule has 0 fully saturated rings. The van der Waals surface area contributed by atoms with Gasteiger partial charge in [0.1, 0.15) is 17.6 Å². The van der Waals surface area contributed by atoms with Gasteiger partial charge in [0.2, 0.25) is 0 Å². The third kappa shape index (κ3) is 2.11. The van der Waals surface area contributed by atoms with Crippen molar-refractivity contribution in [3.8, 4) is 11.5 Å². The molecule has 0 saturated heterocycles. The van der Waals surface area contributed by atoms with Gasteiger partial charge in [-0.3, -0.25) is 0 Å². The van der Waals surface area contributed by atoms with Crippen LogP contribution >= 0.6 is 0 Å². The number of phenolic OH excluding ortho intramolecular Hbond substituents is 1. The molecule has 1 aromatic rings. The van der Waals surface area contributed by atoms with E-state index in [2.05, 4.69) is 0 Å². The van der Waals surface area contributed by atoms with Gasteiger partial charge in [-0.25, -0.2) is 0 Å². The minimum atomic E-state index is -1.07. The number of phenols is 1. The second-order valence-corrected chi connectivity index (χ2v) is 2.62. The van der Waals surface area contributed by atoms with E-state index in [1.54, 1.807) is 6.07 Å². The molecule has 1 aromatic carbocycles. The van der Waals surface area contributed by atoms with E-state index < -0.39 is 12.7 Å². The number of aliphatic hydroxyl groups excluding tert-OH is 2. The molecule has 0 aliphatic rings. The maximum absolute atomic E-state index is 9.31. The normalized spacial score (nSPS) is 12.5. The largest absolute Gasteiger partial charge is 0.508 e. The predicted molar refractivity (Wildman–Crippen MR) is 46.7 cm³/mol. The SMILES string of the molecule is COc1ccc(O)c(C(O)CO)c1. The Morgan fingerprint density at radius 2 is 2.15 bits per heavy atom. The molecule has 0 heterocycles. The maximum Gasteiger partial charge on any atom is 0.121 e. The van der Waals surface area contributed by atoms with E-state index in [1.165, 1.54) is 19.2 Å². The zero-order chi connectivity index (χ0) is 9.84. The zero-order valence-corrected chi connectivity index (χ0v) is 7.27. The number of hydrogen-bond acceptors (Lipinski definition) is 4. The predicted octanol–water partition coefficient (Wildman–Crippen LogP) is 0.426. The molecular formula is C9H12O4. The number of hydrogen-bond donors (Lipinski definition) is 3. The van der Waals surface area contributed by atoms with Gasteiger partial charge in [0.25, 0.3) is 0 Å². The summed E-state index contributed by atoms with van der Waals surface area (Å²) in [6.07, 6.45) is -1.07. The molecule has 13 heavy (non-hydrogen) atoms. The van der Waals surface area contributed by atoms with Crippen LogP contribution in [-0.4, -0.2) is 29.0 Å². The summed E-state index contributed by atoms with van der Waals surface area (Å²) in [4.78, 5) is 0. The highest BCUT2D eigenvalue weighted by Crippen LogP contribution is 2.27. The number of ether oxygens (including phenoxy) is 1. The average molecular weight is 184 g/mol. The van der Waals surface area contributed by atoms with Gasteiger partial charge in [0, 0.05) is 5.56 Å². The number of aromatic hydroxyl groups is 1. The van der Waals surface area contributed by atoms with Crippen molar-refractivity contribution in [3.63, 3.8) is 0 Å². The Morgan fingerprint density at radius 1 is 1.46 bits per heavy atom. The molecule has 4 heteroatoms. The molecule has 1 unspecified atom stereocenters. The lowest BCUT2D eigenvalue weighted by atomic mass is 10.1. The van der Waals surface area contributed by atoms with Gasteiger partial charge in [0.05, 0.1) is 13.7 Å². The fraction of sp³-hybridized carbons (Fsp3) is 0.333. The monoisotopic (exact) mass is 184 g/mol. The molecule has 72 valence electrons. The van der Waals surface area contributed by atoms with Crippen molar-refractivity contribution >= 4 is 0 Å². The molecule has 3 N–H and O–H groups in total. The fourth-order valence-corrected chi connectivity index (χ4v) is 1.02. The third-order valence-corrected chi connectivity index (χ3v) is 1.77. The van der Waals surface area contributed by atoms with Crippen molar-refractivity contribution in [2.24, 2.45) is 0 Å². The molecule has 0 spiro atoms. The standard InChI is InChI=1S/C9H12O4/c1-13-6-2-3-8(11)7(4-6)9(12)5-10/h2-4,9-12H,5H2,1H3. The second kappa shape index (κ2) is 4.11. The average Bonchev–Trinajstić information content (AvgIpc) is 2.17. The minimum absolute atomic E-state index is 0.0534. The molecule has 0 amide bonds. The first-order chi connectivity index (χ1) is 6.19. The minimum Gasteiger partial charge on any atom is -0.508 e. The highest BCUT2D eigenvalue weighted by molar-refractivity contribution is 5.40. The quantitative estimate of drug-likeness (QED) is 0.637. The molecule has 0 aromatic heterocycles. The van der Waals surface area contributed by atoms with Crippen molar-refractivity contribution in [2.75, 3.05) is 13.7 Å². The lowest BCUT2D eigenvalue weighted by molar-refractivity contribution is 0.0933. The summed E-state index contributed by atoms with van der Waals surface area (Å²) in [6.45, 7) is -0.430. The first kappa shape index (κ1) is 9.83. The van der Waals surface area contributed by atoms with Crippen molar-refractivity contribution < 1.29 is 20.1 Å². The van der Waals surface area contributed by atoms with Crippen LogP contribution in [0.1, 0.15) is 11.7 Å². The van der Waals surface area contributed by atoms with E-state index in [4.69, 9.17) is 9.84 Å². The van der Waals surface area contributed by atoms with E-state index in [1.807, 2.05) is 0 Å². The van der Waals surface area contributed by atoms with Crippen LogP contribution < -0.4 is 4.74 Å². The first-order valence-electron chi connectivity index (χ1n) is 3.85. The molecule has 0 saturated carbocycles. The van der Waals surface area contributed by atoms with Crippen LogP contribution in [-0.2, 0) is 0 Å². The Balaban J connectivity index is 3.03. The van der Waals surface area contributed by atoms with Gasteiger partial charge in [-0.2, -0.15) is 0 Å². The maximum atomic E-state index is 9.31. The summed E-state index contributed by atoms with van der Waals surface area (Å²) in [7, 11) is 1.49. The van der Waals surface area contributed by atoms with E-state index >= 15 is 0 Å². The summed E-state index contributed by atoms with van der Waals surface area (Å²) in [5, 5.41) is 27.2. The van der Waals surface area contributed by atoms with Gasteiger partial charge in [-0.05, 0) is 18.2 Å². The third-order valence-electron chi connectivity index (χ3n) is 1.77. The summed E-state index contributed by atoms with van der Waals surface area (Å²) < 4.78 is 4.90. The van der Waals surface area contributed by atoms with E-state index in [9.17, 15) is 10.2 Å². The van der Waals surface area contributed by atoms with Crippen LogP contribution in [0.25, 0.3) is 0 Å². The Hall–Kier alpha value is -1.26. The van der Waals surface area contributed by atoms with Gasteiger partial charge >= 0.3 is 0 Å². The first-order valence-corrected chi connectivity index (χ1v) is 3.85. The highest BCUT2D eigenvalue weighted by Gasteiger charge is 2.11. The van der Waals surface area contributed by atoms with Crippen molar-refractivity contribution in [3.05, 3.63) is 23.8 Å². The van der Waals surface area contributed by atoms with Crippen LogP contribution in [0.3, 0.4) is 0 Å². The fourth-order valence-electron chi connectivity index (χ4n) is 1.02. The highest BCUT2D eigenvalue weighted by atomic mass is 16.5. The Bertz CT molecular complexity index is 285. The zero-order valence-electron chi connectivity index (χ0n) is 7.27. The second-order valence-electron chi connectivity index (χ2n) is 2.62. The molecule has 0 bridgehead atoms. The van der Waals surface area contributed by atoms with Crippen LogP contribution in [0.2, 0.25) is 0 Å².